The average Bonchev–Trinajstić information content (AvgIpc) is 2.83. The molecular weight excluding hydrogens is 466 g/mol. The molecular formula is C26H25N3O5S. The Hall–Kier alpha value is -4.16. The molecule has 0 aliphatic carbocycles. The maximum atomic E-state index is 12.9. The van der Waals surface area contributed by atoms with E-state index >= 15 is 0 Å². The SMILES string of the molecule is Cc1cccc(NS(=O)(=O)c2ccc(C)c(C(=O)OCC(=O)N(CCC#N)c3ccccc3)c2)c1. The maximum Gasteiger partial charge on any atom is 0.338 e. The second-order valence-corrected chi connectivity index (χ2v) is 9.50. The normalized spacial score (nSPS) is 10.8. The van der Waals surface area contributed by atoms with E-state index in [0.717, 1.165) is 5.56 Å². The van der Waals surface area contributed by atoms with Crippen LogP contribution in [0.2, 0.25) is 0 Å². The van der Waals surface area contributed by atoms with Crippen molar-refractivity contribution in [2.75, 3.05) is 22.8 Å². The van der Waals surface area contributed by atoms with Crippen LogP contribution >= 0.6 is 0 Å². The van der Waals surface area contributed by atoms with Crippen molar-refractivity contribution in [3.05, 3.63) is 89.5 Å². The Labute approximate surface area is 204 Å². The summed E-state index contributed by atoms with van der Waals surface area (Å²) < 4.78 is 33.4. The molecule has 0 heterocycles. The Morgan fingerprint density at radius 3 is 2.43 bits per heavy atom. The summed E-state index contributed by atoms with van der Waals surface area (Å²) in [4.78, 5) is 26.8. The highest BCUT2D eigenvalue weighted by Crippen LogP contribution is 2.21. The Bertz CT molecular complexity index is 1370. The number of hydrogen-bond acceptors (Lipinski definition) is 6. The fraction of sp³-hybridized carbons (Fsp3) is 0.192. The van der Waals surface area contributed by atoms with E-state index in [9.17, 15) is 18.0 Å². The van der Waals surface area contributed by atoms with Crippen molar-refractivity contribution in [2.45, 2.75) is 25.2 Å². The van der Waals surface area contributed by atoms with Crippen LogP contribution in [0.4, 0.5) is 11.4 Å². The van der Waals surface area contributed by atoms with Crippen molar-refractivity contribution < 1.29 is 22.7 Å². The predicted molar refractivity (Wildman–Crippen MR) is 132 cm³/mol. The first kappa shape index (κ1) is 25.5. The van der Waals surface area contributed by atoms with E-state index in [1.807, 2.05) is 19.1 Å². The predicted octanol–water partition coefficient (Wildman–Crippen LogP) is 4.21. The third kappa shape index (κ3) is 6.68. The van der Waals surface area contributed by atoms with E-state index in [1.54, 1.807) is 55.5 Å². The smallest absolute Gasteiger partial charge is 0.338 e. The van der Waals surface area contributed by atoms with E-state index < -0.39 is 28.5 Å². The van der Waals surface area contributed by atoms with Crippen LogP contribution in [0.25, 0.3) is 0 Å². The second-order valence-electron chi connectivity index (χ2n) is 7.82. The highest BCUT2D eigenvalue weighted by molar-refractivity contribution is 7.92. The Morgan fingerprint density at radius 2 is 1.74 bits per heavy atom. The molecule has 0 aliphatic heterocycles. The molecule has 3 aromatic rings. The summed E-state index contributed by atoms with van der Waals surface area (Å²) in [6, 6.07) is 21.8. The van der Waals surface area contributed by atoms with E-state index in [4.69, 9.17) is 10.00 Å². The highest BCUT2D eigenvalue weighted by atomic mass is 32.2. The highest BCUT2D eigenvalue weighted by Gasteiger charge is 2.22. The molecule has 0 aromatic heterocycles. The number of sulfonamides is 1. The van der Waals surface area contributed by atoms with Crippen LogP contribution in [0.1, 0.15) is 27.9 Å². The Morgan fingerprint density at radius 1 is 1.00 bits per heavy atom. The number of carbonyl (C=O) groups is 2. The first-order valence-corrected chi connectivity index (χ1v) is 12.3. The number of nitriles is 1. The summed E-state index contributed by atoms with van der Waals surface area (Å²) in [6.07, 6.45) is 0.113. The second kappa shape index (κ2) is 11.3. The Kier molecular flexibility index (Phi) is 8.23. The van der Waals surface area contributed by atoms with Crippen molar-refractivity contribution in [3.63, 3.8) is 0 Å². The van der Waals surface area contributed by atoms with E-state index in [0.29, 0.717) is 16.9 Å². The summed E-state index contributed by atoms with van der Waals surface area (Å²) in [6.45, 7) is 3.08. The number of nitrogens with zero attached hydrogens (tertiary/aromatic N) is 2. The topological polar surface area (TPSA) is 117 Å². The van der Waals surface area contributed by atoms with Gasteiger partial charge < -0.3 is 9.64 Å². The zero-order valence-electron chi connectivity index (χ0n) is 19.4. The molecule has 0 unspecified atom stereocenters. The van der Waals surface area contributed by atoms with E-state index in [1.165, 1.54) is 23.1 Å². The molecule has 0 saturated heterocycles. The van der Waals surface area contributed by atoms with Gasteiger partial charge in [0, 0.05) is 17.9 Å². The number of rotatable bonds is 9. The number of hydrogen-bond donors (Lipinski definition) is 1. The van der Waals surface area contributed by atoms with Gasteiger partial charge in [0.2, 0.25) is 0 Å². The number of amides is 1. The minimum absolute atomic E-state index is 0.0354. The average molecular weight is 492 g/mol. The van der Waals surface area contributed by atoms with Gasteiger partial charge in [0.25, 0.3) is 15.9 Å². The number of aryl methyl sites for hydroxylation is 2. The van der Waals surface area contributed by atoms with Crippen molar-refractivity contribution in [1.29, 1.82) is 5.26 Å². The van der Waals surface area contributed by atoms with Crippen molar-refractivity contribution in [1.82, 2.24) is 0 Å². The van der Waals surface area contributed by atoms with Gasteiger partial charge in [-0.2, -0.15) is 5.26 Å². The molecule has 0 radical (unpaired) electrons. The minimum atomic E-state index is -3.96. The van der Waals surface area contributed by atoms with Gasteiger partial charge in [0.15, 0.2) is 6.61 Å². The van der Waals surface area contributed by atoms with Gasteiger partial charge in [0.05, 0.1) is 22.9 Å². The van der Waals surface area contributed by atoms with Crippen LogP contribution in [-0.2, 0) is 19.6 Å². The van der Waals surface area contributed by atoms with Gasteiger partial charge in [-0.1, -0.05) is 36.4 Å². The molecule has 35 heavy (non-hydrogen) atoms. The number of benzene rings is 3. The molecule has 1 amide bonds. The van der Waals surface area contributed by atoms with Crippen LogP contribution in [0, 0.1) is 25.2 Å². The molecule has 3 aromatic carbocycles. The van der Waals surface area contributed by atoms with Crippen LogP contribution < -0.4 is 9.62 Å². The summed E-state index contributed by atoms with van der Waals surface area (Å²) in [7, 11) is -3.96. The summed E-state index contributed by atoms with van der Waals surface area (Å²) in [5.74, 6) is -1.32. The molecule has 0 aliphatic rings. The summed E-state index contributed by atoms with van der Waals surface area (Å²) in [5.41, 5.74) is 2.41. The summed E-state index contributed by atoms with van der Waals surface area (Å²) >= 11 is 0. The molecule has 8 nitrogen and oxygen atoms in total. The van der Waals surface area contributed by atoms with Gasteiger partial charge in [-0.25, -0.2) is 13.2 Å². The standard InChI is InChI=1S/C26H25N3O5S/c1-19-8-6-9-21(16-19)28-35(32,33)23-13-12-20(2)24(17-23)26(31)34-18-25(30)29(15-7-14-27)22-10-4-3-5-11-22/h3-6,8-13,16-17,28H,7,15,18H2,1-2H3. The monoisotopic (exact) mass is 491 g/mol. The Balaban J connectivity index is 1.75. The number of carbonyl (C=O) groups excluding carboxylic acids is 2. The quantitative estimate of drug-likeness (QED) is 0.448. The number of anilines is 2. The van der Waals surface area contributed by atoms with Crippen LogP contribution in [0.15, 0.2) is 77.7 Å². The van der Waals surface area contributed by atoms with Crippen LogP contribution in [0.3, 0.4) is 0 Å². The zero-order valence-corrected chi connectivity index (χ0v) is 20.2. The third-order valence-corrected chi connectivity index (χ3v) is 6.53. The molecule has 0 atom stereocenters. The lowest BCUT2D eigenvalue weighted by Gasteiger charge is -2.21. The fourth-order valence-electron chi connectivity index (χ4n) is 3.36. The minimum Gasteiger partial charge on any atom is -0.452 e. The maximum absolute atomic E-state index is 12.9. The van der Waals surface area contributed by atoms with Crippen molar-refractivity contribution >= 4 is 33.3 Å². The lowest BCUT2D eigenvalue weighted by Crippen LogP contribution is -2.35. The summed E-state index contributed by atoms with van der Waals surface area (Å²) in [5, 5.41) is 8.91. The van der Waals surface area contributed by atoms with Crippen LogP contribution in [-0.4, -0.2) is 33.4 Å². The van der Waals surface area contributed by atoms with Gasteiger partial charge in [-0.05, 0) is 61.4 Å². The number of ether oxygens (including phenoxy) is 1. The van der Waals surface area contributed by atoms with E-state index in [-0.39, 0.29) is 23.4 Å². The fourth-order valence-corrected chi connectivity index (χ4v) is 4.44. The number of esters is 1. The largest absolute Gasteiger partial charge is 0.452 e. The van der Waals surface area contributed by atoms with Crippen molar-refractivity contribution in [3.8, 4) is 6.07 Å². The first-order valence-electron chi connectivity index (χ1n) is 10.8. The molecule has 0 spiro atoms. The molecule has 3 rings (SSSR count). The molecule has 0 bridgehead atoms. The van der Waals surface area contributed by atoms with Gasteiger partial charge >= 0.3 is 5.97 Å². The van der Waals surface area contributed by atoms with Crippen molar-refractivity contribution in [2.24, 2.45) is 0 Å². The molecule has 1 N–H and O–H groups in total. The molecule has 0 fully saturated rings. The zero-order chi connectivity index (χ0) is 25.4. The third-order valence-electron chi connectivity index (χ3n) is 5.15. The molecule has 9 heteroatoms. The number of para-hydroxylation sites is 1. The lowest BCUT2D eigenvalue weighted by molar-refractivity contribution is -0.121. The van der Waals surface area contributed by atoms with E-state index in [2.05, 4.69) is 4.72 Å². The van der Waals surface area contributed by atoms with Gasteiger partial charge in [-0.15, -0.1) is 0 Å². The van der Waals surface area contributed by atoms with Gasteiger partial charge in [0.1, 0.15) is 0 Å². The first-order chi connectivity index (χ1) is 16.7. The molecule has 0 saturated carbocycles. The molecule has 180 valence electrons. The van der Waals surface area contributed by atoms with Crippen LogP contribution in [0.5, 0.6) is 0 Å². The number of nitrogens with one attached hydrogen (secondary N) is 1. The lowest BCUT2D eigenvalue weighted by atomic mass is 10.1. The van der Waals surface area contributed by atoms with Gasteiger partial charge in [-0.3, -0.25) is 9.52 Å².